The number of amides is 1. The molecule has 7 nitrogen and oxygen atoms in total. The molecular weight excluding hydrogens is 416 g/mol. The average Bonchev–Trinajstić information content (AvgIpc) is 3.49. The second-order valence-electron chi connectivity index (χ2n) is 7.85. The van der Waals surface area contributed by atoms with Crippen molar-refractivity contribution in [1.82, 2.24) is 19.3 Å². The Bertz CT molecular complexity index is 1310. The fourth-order valence-electron chi connectivity index (χ4n) is 4.31. The van der Waals surface area contributed by atoms with Crippen LogP contribution in [-0.4, -0.2) is 38.8 Å². The van der Waals surface area contributed by atoms with Crippen molar-refractivity contribution in [2.45, 2.75) is 18.9 Å². The van der Waals surface area contributed by atoms with Gasteiger partial charge >= 0.3 is 0 Å². The summed E-state index contributed by atoms with van der Waals surface area (Å²) in [5.74, 6) is 2.93. The highest BCUT2D eigenvalue weighted by molar-refractivity contribution is 5.87. The highest BCUT2D eigenvalue weighted by Crippen LogP contribution is 2.35. The molecule has 0 aliphatic carbocycles. The summed E-state index contributed by atoms with van der Waals surface area (Å²) in [6, 6.07) is 15.2. The Kier molecular flexibility index (Phi) is 5.52. The zero-order valence-electron chi connectivity index (χ0n) is 18.3. The summed E-state index contributed by atoms with van der Waals surface area (Å²) in [6.07, 6.45) is 8.63. The van der Waals surface area contributed by atoms with Crippen LogP contribution >= 0.6 is 0 Å². The van der Waals surface area contributed by atoms with E-state index in [-0.39, 0.29) is 11.9 Å². The Morgan fingerprint density at radius 1 is 1.15 bits per heavy atom. The summed E-state index contributed by atoms with van der Waals surface area (Å²) in [5, 5.41) is 0. The summed E-state index contributed by atoms with van der Waals surface area (Å²) < 4.78 is 13.3. The van der Waals surface area contributed by atoms with Crippen LogP contribution in [0.5, 0.6) is 17.2 Å². The quantitative estimate of drug-likeness (QED) is 0.393. The first-order chi connectivity index (χ1) is 16.2. The van der Waals surface area contributed by atoms with E-state index in [0.29, 0.717) is 18.0 Å². The molecule has 33 heavy (non-hydrogen) atoms. The largest absolute Gasteiger partial charge is 0.497 e. The lowest BCUT2D eigenvalue weighted by molar-refractivity contribution is -0.127. The average molecular weight is 441 g/mol. The molecule has 4 aromatic rings. The highest BCUT2D eigenvalue weighted by Gasteiger charge is 2.32. The molecular formula is C26H24N4O3. The van der Waals surface area contributed by atoms with Gasteiger partial charge in [-0.1, -0.05) is 12.6 Å². The van der Waals surface area contributed by atoms with Crippen LogP contribution in [0.1, 0.15) is 24.7 Å². The number of nitrogens with zero attached hydrogens (tertiary/aromatic N) is 4. The van der Waals surface area contributed by atoms with Crippen molar-refractivity contribution in [1.29, 1.82) is 0 Å². The van der Waals surface area contributed by atoms with Crippen molar-refractivity contribution < 1.29 is 14.3 Å². The smallest absolute Gasteiger partial charge is 0.246 e. The SMILES string of the molecule is C=CC(=O)N1CCC[C@H]1c1nc(-c2ccc(Oc3cccc(OC)c3)cc2)c2cnccn12. The molecule has 1 aliphatic heterocycles. The Morgan fingerprint density at radius 3 is 2.76 bits per heavy atom. The Morgan fingerprint density at radius 2 is 1.97 bits per heavy atom. The van der Waals surface area contributed by atoms with E-state index in [1.807, 2.05) is 64.0 Å². The lowest BCUT2D eigenvalue weighted by atomic mass is 10.1. The summed E-state index contributed by atoms with van der Waals surface area (Å²) >= 11 is 0. The van der Waals surface area contributed by atoms with Gasteiger partial charge in [0.1, 0.15) is 23.1 Å². The van der Waals surface area contributed by atoms with Gasteiger partial charge in [-0.25, -0.2) is 4.98 Å². The molecule has 0 unspecified atom stereocenters. The summed E-state index contributed by atoms with van der Waals surface area (Å²) in [4.78, 5) is 23.5. The molecule has 1 saturated heterocycles. The lowest BCUT2D eigenvalue weighted by Crippen LogP contribution is -2.29. The molecule has 7 heteroatoms. The molecule has 5 rings (SSSR count). The van der Waals surface area contributed by atoms with Gasteiger partial charge in [-0.2, -0.15) is 0 Å². The molecule has 166 valence electrons. The van der Waals surface area contributed by atoms with E-state index >= 15 is 0 Å². The number of rotatable bonds is 6. The number of likely N-dealkylation sites (tertiary alicyclic amines) is 1. The molecule has 0 N–H and O–H groups in total. The third-order valence-corrected chi connectivity index (χ3v) is 5.89. The molecule has 0 saturated carbocycles. The van der Waals surface area contributed by atoms with Crippen LogP contribution in [0, 0.1) is 0 Å². The molecule has 1 aliphatic rings. The first-order valence-corrected chi connectivity index (χ1v) is 10.9. The van der Waals surface area contributed by atoms with Gasteiger partial charge in [0, 0.05) is 30.6 Å². The van der Waals surface area contributed by atoms with Crippen LogP contribution in [0.15, 0.2) is 79.8 Å². The Hall–Kier alpha value is -4.13. The fraction of sp³-hybridized carbons (Fsp3) is 0.192. The van der Waals surface area contributed by atoms with Crippen LogP contribution in [-0.2, 0) is 4.79 Å². The predicted octanol–water partition coefficient (Wildman–Crippen LogP) is 5.05. The molecule has 3 heterocycles. The lowest BCUT2D eigenvalue weighted by Gasteiger charge is -2.22. The van der Waals surface area contributed by atoms with Gasteiger partial charge in [0.25, 0.3) is 0 Å². The number of ether oxygens (including phenoxy) is 2. The van der Waals surface area contributed by atoms with Gasteiger partial charge in [0.2, 0.25) is 5.91 Å². The number of imidazole rings is 1. The topological polar surface area (TPSA) is 69.0 Å². The van der Waals surface area contributed by atoms with E-state index in [2.05, 4.69) is 11.6 Å². The van der Waals surface area contributed by atoms with Crippen molar-refractivity contribution in [2.24, 2.45) is 0 Å². The maximum atomic E-state index is 12.4. The number of hydrogen-bond acceptors (Lipinski definition) is 5. The molecule has 0 radical (unpaired) electrons. The van der Waals surface area contributed by atoms with E-state index in [0.717, 1.165) is 41.2 Å². The molecule has 2 aromatic carbocycles. The van der Waals surface area contributed by atoms with E-state index in [1.54, 1.807) is 19.5 Å². The minimum absolute atomic E-state index is 0.0658. The fourth-order valence-corrected chi connectivity index (χ4v) is 4.31. The monoisotopic (exact) mass is 440 g/mol. The van der Waals surface area contributed by atoms with Gasteiger partial charge in [-0.3, -0.25) is 14.2 Å². The number of methoxy groups -OCH3 is 1. The van der Waals surface area contributed by atoms with E-state index in [9.17, 15) is 4.79 Å². The molecule has 2 aromatic heterocycles. The number of fused-ring (bicyclic) bond motifs is 1. The molecule has 1 amide bonds. The summed E-state index contributed by atoms with van der Waals surface area (Å²) in [7, 11) is 1.63. The minimum Gasteiger partial charge on any atom is -0.497 e. The third kappa shape index (κ3) is 3.93. The maximum Gasteiger partial charge on any atom is 0.246 e. The maximum absolute atomic E-state index is 12.4. The molecule has 1 fully saturated rings. The van der Waals surface area contributed by atoms with Crippen LogP contribution < -0.4 is 9.47 Å². The second kappa shape index (κ2) is 8.78. The van der Waals surface area contributed by atoms with Crippen molar-refractivity contribution in [3.8, 4) is 28.5 Å². The second-order valence-corrected chi connectivity index (χ2v) is 7.85. The zero-order valence-corrected chi connectivity index (χ0v) is 18.3. The third-order valence-electron chi connectivity index (χ3n) is 5.89. The van der Waals surface area contributed by atoms with Crippen LogP contribution in [0.4, 0.5) is 0 Å². The number of benzene rings is 2. The summed E-state index contributed by atoms with van der Waals surface area (Å²) in [6.45, 7) is 4.36. The zero-order chi connectivity index (χ0) is 22.8. The first-order valence-electron chi connectivity index (χ1n) is 10.9. The van der Waals surface area contributed by atoms with Crippen LogP contribution in [0.25, 0.3) is 16.8 Å². The predicted molar refractivity (Wildman–Crippen MR) is 125 cm³/mol. The van der Waals surface area contributed by atoms with Crippen LogP contribution in [0.2, 0.25) is 0 Å². The van der Waals surface area contributed by atoms with Crippen LogP contribution in [0.3, 0.4) is 0 Å². The van der Waals surface area contributed by atoms with Gasteiger partial charge in [-0.15, -0.1) is 0 Å². The normalized spacial score (nSPS) is 15.5. The number of hydrogen-bond donors (Lipinski definition) is 0. The Balaban J connectivity index is 1.48. The molecule has 0 spiro atoms. The highest BCUT2D eigenvalue weighted by atomic mass is 16.5. The van der Waals surface area contributed by atoms with Gasteiger partial charge < -0.3 is 14.4 Å². The first kappa shape index (κ1) is 20.8. The minimum atomic E-state index is -0.0881. The Labute approximate surface area is 191 Å². The van der Waals surface area contributed by atoms with Crippen molar-refractivity contribution in [2.75, 3.05) is 13.7 Å². The standard InChI is InChI=1S/C26H24N4O3/c1-3-24(31)29-14-5-8-22(29)26-28-25(23-17-27-13-15-30(23)26)18-9-11-19(12-10-18)33-21-7-4-6-20(16-21)32-2/h3-4,6-7,9-13,15-17,22H,1,5,8,14H2,2H3/t22-/m0/s1. The van der Waals surface area contributed by atoms with Gasteiger partial charge in [0.15, 0.2) is 0 Å². The van der Waals surface area contributed by atoms with E-state index < -0.39 is 0 Å². The van der Waals surface area contributed by atoms with E-state index in [4.69, 9.17) is 14.5 Å². The van der Waals surface area contributed by atoms with Gasteiger partial charge in [-0.05, 0) is 55.3 Å². The van der Waals surface area contributed by atoms with Crippen molar-refractivity contribution in [3.05, 3.63) is 85.6 Å². The summed E-state index contributed by atoms with van der Waals surface area (Å²) in [5.41, 5.74) is 2.67. The van der Waals surface area contributed by atoms with Gasteiger partial charge in [0.05, 0.1) is 30.6 Å². The number of aromatic nitrogens is 3. The van der Waals surface area contributed by atoms with E-state index in [1.165, 1.54) is 6.08 Å². The van der Waals surface area contributed by atoms with Crippen molar-refractivity contribution in [3.63, 3.8) is 0 Å². The number of carbonyl (C=O) groups is 1. The molecule has 0 bridgehead atoms. The molecule has 1 atom stereocenters. The number of carbonyl (C=O) groups excluding carboxylic acids is 1. The van der Waals surface area contributed by atoms with Crippen molar-refractivity contribution >= 4 is 11.4 Å².